The van der Waals surface area contributed by atoms with Gasteiger partial charge >= 0.3 is 5.56 Å². The van der Waals surface area contributed by atoms with Crippen LogP contribution in [-0.4, -0.2) is 48.5 Å². The van der Waals surface area contributed by atoms with Gasteiger partial charge in [-0.15, -0.1) is 0 Å². The zero-order valence-corrected chi connectivity index (χ0v) is 18.8. The van der Waals surface area contributed by atoms with E-state index in [0.717, 1.165) is 25.9 Å². The molecule has 9 heteroatoms. The molecule has 2 atom stereocenters. The quantitative estimate of drug-likeness (QED) is 0.769. The highest BCUT2D eigenvalue weighted by atomic mass is 35.5. The fraction of sp³-hybridized carbons (Fsp3) is 0.524. The summed E-state index contributed by atoms with van der Waals surface area (Å²) in [6.07, 6.45) is 1.83. The van der Waals surface area contributed by atoms with Crippen LogP contribution in [0.4, 0.5) is 5.82 Å². The number of rotatable bonds is 3. The maximum absolute atomic E-state index is 13.3. The van der Waals surface area contributed by atoms with Gasteiger partial charge < -0.3 is 20.1 Å². The Morgan fingerprint density at radius 2 is 2.00 bits per heavy atom. The number of aromatic nitrogens is 2. The van der Waals surface area contributed by atoms with Crippen molar-refractivity contribution in [2.45, 2.75) is 38.8 Å². The summed E-state index contributed by atoms with van der Waals surface area (Å²) in [4.78, 5) is 20.1. The number of anilines is 1. The van der Waals surface area contributed by atoms with Crippen LogP contribution in [-0.2, 0) is 4.74 Å². The number of hydrogen-bond acceptors (Lipinski definition) is 6. The van der Waals surface area contributed by atoms with Crippen LogP contribution in [0.25, 0.3) is 5.69 Å². The molecule has 0 bridgehead atoms. The van der Waals surface area contributed by atoms with Crippen molar-refractivity contribution < 1.29 is 9.47 Å². The van der Waals surface area contributed by atoms with E-state index in [1.807, 2.05) is 6.92 Å². The van der Waals surface area contributed by atoms with E-state index in [9.17, 15) is 4.79 Å². The third-order valence-corrected chi connectivity index (χ3v) is 7.28. The van der Waals surface area contributed by atoms with Crippen molar-refractivity contribution >= 4 is 29.0 Å². The van der Waals surface area contributed by atoms with Crippen molar-refractivity contribution in [3.8, 4) is 11.4 Å². The molecule has 1 spiro atoms. The largest absolute Gasteiger partial charge is 0.488 e. The summed E-state index contributed by atoms with van der Waals surface area (Å²) in [6.45, 7) is 5.94. The van der Waals surface area contributed by atoms with Crippen molar-refractivity contribution in [2.75, 3.05) is 31.7 Å². The van der Waals surface area contributed by atoms with Crippen molar-refractivity contribution in [3.63, 3.8) is 0 Å². The fourth-order valence-electron chi connectivity index (χ4n) is 4.58. The number of piperidine rings is 1. The molecule has 0 saturated carbocycles. The molecule has 3 heterocycles. The van der Waals surface area contributed by atoms with Gasteiger partial charge in [-0.05, 0) is 38.8 Å². The smallest absolute Gasteiger partial charge is 0.302 e. The lowest BCUT2D eigenvalue weighted by Gasteiger charge is -2.41. The lowest BCUT2D eigenvalue weighted by Crippen LogP contribution is -2.51. The number of benzene rings is 1. The number of ether oxygens (including phenoxy) is 2. The minimum Gasteiger partial charge on any atom is -0.488 e. The molecule has 2 aliphatic rings. The number of hydrogen-bond donors (Lipinski definition) is 1. The molecule has 4 rings (SSSR count). The maximum atomic E-state index is 13.3. The topological polar surface area (TPSA) is 82.6 Å². The third kappa shape index (κ3) is 3.38. The Labute approximate surface area is 185 Å². The van der Waals surface area contributed by atoms with E-state index in [-0.39, 0.29) is 28.9 Å². The van der Waals surface area contributed by atoms with E-state index in [1.165, 1.54) is 11.7 Å². The Morgan fingerprint density at radius 3 is 2.60 bits per heavy atom. The number of nitrogens with zero attached hydrogens (tertiary/aromatic N) is 3. The highest BCUT2D eigenvalue weighted by Crippen LogP contribution is 2.42. The van der Waals surface area contributed by atoms with Crippen molar-refractivity contribution in [2.24, 2.45) is 11.1 Å². The van der Waals surface area contributed by atoms with Gasteiger partial charge in [-0.3, -0.25) is 9.36 Å². The third-order valence-electron chi connectivity index (χ3n) is 6.47. The van der Waals surface area contributed by atoms with Gasteiger partial charge in [0, 0.05) is 24.5 Å². The van der Waals surface area contributed by atoms with Crippen LogP contribution in [0.3, 0.4) is 0 Å². The predicted molar refractivity (Wildman–Crippen MR) is 118 cm³/mol. The lowest BCUT2D eigenvalue weighted by molar-refractivity contribution is 0.0973. The van der Waals surface area contributed by atoms with E-state index >= 15 is 0 Å². The van der Waals surface area contributed by atoms with Gasteiger partial charge in [-0.2, -0.15) is 0 Å². The minimum atomic E-state index is -0.320. The fourth-order valence-corrected chi connectivity index (χ4v) is 4.96. The van der Waals surface area contributed by atoms with Gasteiger partial charge in [-0.25, -0.2) is 4.98 Å². The molecule has 0 unspecified atom stereocenters. The van der Waals surface area contributed by atoms with Crippen molar-refractivity contribution in [3.05, 3.63) is 44.4 Å². The predicted octanol–water partition coefficient (Wildman–Crippen LogP) is 3.19. The molecule has 2 saturated heterocycles. The van der Waals surface area contributed by atoms with Crippen LogP contribution in [0.1, 0.15) is 25.6 Å². The summed E-state index contributed by atoms with van der Waals surface area (Å²) >= 11 is 12.5. The maximum Gasteiger partial charge on any atom is 0.302 e. The Balaban J connectivity index is 1.69. The van der Waals surface area contributed by atoms with Crippen LogP contribution in [0, 0.1) is 12.3 Å². The van der Waals surface area contributed by atoms with E-state index < -0.39 is 0 Å². The normalized spacial score (nSPS) is 23.2. The SMILES string of the molecule is COc1c(N2CCC3(CC2)CO[C@H](C)[C@H]3N)nc(C)n(-c2cccc(Cl)c2Cl)c1=O. The molecule has 2 aromatic rings. The molecule has 162 valence electrons. The average Bonchev–Trinajstić information content (AvgIpc) is 3.00. The second-order valence-corrected chi connectivity index (χ2v) is 8.91. The monoisotopic (exact) mass is 452 g/mol. The van der Waals surface area contributed by atoms with E-state index in [2.05, 4.69) is 4.90 Å². The second kappa shape index (κ2) is 8.04. The zero-order chi connectivity index (χ0) is 21.6. The van der Waals surface area contributed by atoms with Crippen molar-refractivity contribution in [1.29, 1.82) is 0 Å². The van der Waals surface area contributed by atoms with Crippen LogP contribution in [0.5, 0.6) is 5.75 Å². The van der Waals surface area contributed by atoms with Crippen LogP contribution in [0.2, 0.25) is 10.0 Å². The van der Waals surface area contributed by atoms with E-state index in [1.54, 1.807) is 25.1 Å². The number of methoxy groups -OCH3 is 1. The van der Waals surface area contributed by atoms with Crippen LogP contribution < -0.4 is 20.9 Å². The zero-order valence-electron chi connectivity index (χ0n) is 17.3. The molecule has 2 fully saturated rings. The number of aryl methyl sites for hydroxylation is 1. The van der Waals surface area contributed by atoms with E-state index in [0.29, 0.717) is 34.0 Å². The van der Waals surface area contributed by atoms with Gasteiger partial charge in [0.15, 0.2) is 5.82 Å². The molecular weight excluding hydrogens is 427 g/mol. The van der Waals surface area contributed by atoms with Gasteiger partial charge in [-0.1, -0.05) is 29.3 Å². The van der Waals surface area contributed by atoms with E-state index in [4.69, 9.17) is 43.4 Å². The Kier molecular flexibility index (Phi) is 5.74. The average molecular weight is 453 g/mol. The minimum absolute atomic E-state index is 0.0124. The summed E-state index contributed by atoms with van der Waals surface area (Å²) in [5, 5.41) is 0.666. The first kappa shape index (κ1) is 21.4. The first-order chi connectivity index (χ1) is 14.3. The van der Waals surface area contributed by atoms with Crippen molar-refractivity contribution in [1.82, 2.24) is 9.55 Å². The van der Waals surface area contributed by atoms with Crippen LogP contribution in [0.15, 0.2) is 23.0 Å². The Hall–Kier alpha value is -1.80. The Morgan fingerprint density at radius 1 is 1.30 bits per heavy atom. The molecule has 1 aromatic heterocycles. The molecule has 2 aliphatic heterocycles. The van der Waals surface area contributed by atoms with Crippen LogP contribution >= 0.6 is 23.2 Å². The standard InChI is InChI=1S/C21H26Cl2N4O3/c1-12-18(24)21(11-30-12)7-9-26(10-8-21)19-17(29-3)20(28)27(13(2)25-19)15-6-4-5-14(22)16(15)23/h4-6,12,18H,7-11,24H2,1-3H3/t12-,18-/m1/s1. The second-order valence-electron chi connectivity index (χ2n) is 8.12. The number of nitrogens with two attached hydrogens (primary N) is 1. The summed E-state index contributed by atoms with van der Waals surface area (Å²) in [6, 6.07) is 5.17. The van der Waals surface area contributed by atoms with Gasteiger partial charge in [0.25, 0.3) is 0 Å². The Bertz CT molecular complexity index is 1020. The summed E-state index contributed by atoms with van der Waals surface area (Å²) in [5.74, 6) is 1.24. The molecule has 1 aromatic carbocycles. The first-order valence-corrected chi connectivity index (χ1v) is 10.8. The van der Waals surface area contributed by atoms with Gasteiger partial charge in [0.2, 0.25) is 5.75 Å². The first-order valence-electron chi connectivity index (χ1n) is 10.0. The molecule has 0 aliphatic carbocycles. The molecule has 0 radical (unpaired) electrons. The van der Waals surface area contributed by atoms with Gasteiger partial charge in [0.05, 0.1) is 35.6 Å². The lowest BCUT2D eigenvalue weighted by atomic mass is 9.73. The molecule has 2 N–H and O–H groups in total. The molecule has 0 amide bonds. The molecule has 30 heavy (non-hydrogen) atoms. The number of halogens is 2. The molecular formula is C21H26Cl2N4O3. The highest BCUT2D eigenvalue weighted by molar-refractivity contribution is 6.43. The van der Waals surface area contributed by atoms with Gasteiger partial charge in [0.1, 0.15) is 5.82 Å². The summed E-state index contributed by atoms with van der Waals surface area (Å²) in [5.41, 5.74) is 6.57. The highest BCUT2D eigenvalue weighted by Gasteiger charge is 2.48. The summed E-state index contributed by atoms with van der Waals surface area (Å²) in [7, 11) is 1.48. The summed E-state index contributed by atoms with van der Waals surface area (Å²) < 4.78 is 12.8. The molecule has 7 nitrogen and oxygen atoms in total.